The van der Waals surface area contributed by atoms with Crippen LogP contribution >= 0.6 is 0 Å². The Labute approximate surface area is 378 Å². The first-order valence-corrected chi connectivity index (χ1v) is 23.5. The van der Waals surface area contributed by atoms with Crippen LogP contribution in [0.2, 0.25) is 0 Å². The third-order valence-electron chi connectivity index (χ3n) is 12.0. The minimum atomic E-state index is -3.71. The molecule has 3 fully saturated rings. The van der Waals surface area contributed by atoms with Gasteiger partial charge in [-0.05, 0) is 121 Å². The van der Waals surface area contributed by atoms with Crippen LogP contribution in [0, 0.1) is 18.7 Å². The van der Waals surface area contributed by atoms with Crippen molar-refractivity contribution in [3.05, 3.63) is 89.4 Å². The number of hydrogen-bond donors (Lipinski definition) is 4. The molecule has 1 atom stereocenters. The Kier molecular flexibility index (Phi) is 13.2. The van der Waals surface area contributed by atoms with Crippen LogP contribution in [0.3, 0.4) is 0 Å². The number of ether oxygens (including phenoxy) is 1. The monoisotopic (exact) mass is 910 g/mol. The molecule has 0 saturated carbocycles. The summed E-state index contributed by atoms with van der Waals surface area (Å²) in [6, 6.07) is 15.6. The van der Waals surface area contributed by atoms with Gasteiger partial charge < -0.3 is 20.3 Å². The molecule has 4 aromatic rings. The van der Waals surface area contributed by atoms with E-state index in [1.165, 1.54) is 6.07 Å². The number of sulfonamides is 1. The summed E-state index contributed by atoms with van der Waals surface area (Å²) in [4.78, 5) is 67.3. The second-order valence-electron chi connectivity index (χ2n) is 18.1. The van der Waals surface area contributed by atoms with Crippen molar-refractivity contribution in [2.24, 2.45) is 5.92 Å². The number of nitrogens with zero attached hydrogens (tertiary/aromatic N) is 6. The molecule has 65 heavy (non-hydrogen) atoms. The van der Waals surface area contributed by atoms with Crippen LogP contribution in [-0.4, -0.2) is 127 Å². The van der Waals surface area contributed by atoms with Crippen LogP contribution in [0.1, 0.15) is 72.7 Å². The Balaban J connectivity index is 0.751. The van der Waals surface area contributed by atoms with E-state index in [0.717, 1.165) is 80.1 Å². The van der Waals surface area contributed by atoms with Crippen molar-refractivity contribution in [1.82, 2.24) is 34.7 Å². The number of rotatable bonds is 14. The molecular weight excluding hydrogens is 856 g/mol. The number of amides is 4. The van der Waals surface area contributed by atoms with Crippen LogP contribution in [-0.2, 0) is 19.6 Å². The third-order valence-corrected chi connectivity index (χ3v) is 13.8. The molecule has 0 spiro atoms. The number of likely N-dealkylation sites (tertiary alicyclic amines) is 1. The van der Waals surface area contributed by atoms with E-state index in [0.29, 0.717) is 43.1 Å². The molecule has 3 aromatic carbocycles. The standard InChI is InChI=1S/C46H55FN10O7S/c1-29-27-48-45(52-41(29)49-32-6-5-7-34(24-32)65(62,63)53-46(2,3)4)50-31-8-10-33(11-9-31)64-23-22-54-16-14-30(15-17-54)28-55-18-20-56(21-19-55)39-26-36-35(25-37(39)47)43(60)57(44(36)61)38-12-13-40(58)51-42(38)59/h5-11,24-27,30,38,53H,12-23,28H2,1-4H3,(H,51,58,59)(H2,48,49,50,52). The fourth-order valence-corrected chi connectivity index (χ4v) is 10.1. The number of anilines is 5. The summed E-state index contributed by atoms with van der Waals surface area (Å²) in [6.45, 7) is 14.2. The highest BCUT2D eigenvalue weighted by Crippen LogP contribution is 2.34. The van der Waals surface area contributed by atoms with Crippen LogP contribution in [0.5, 0.6) is 5.75 Å². The van der Waals surface area contributed by atoms with Gasteiger partial charge in [-0.1, -0.05) is 6.07 Å². The molecule has 1 aromatic heterocycles. The normalized spacial score (nSPS) is 19.1. The summed E-state index contributed by atoms with van der Waals surface area (Å²) in [5, 5.41) is 8.64. The van der Waals surface area contributed by atoms with E-state index in [9.17, 15) is 27.6 Å². The quantitative estimate of drug-likeness (QED) is 0.126. The number of hydrogen-bond acceptors (Lipinski definition) is 14. The summed E-state index contributed by atoms with van der Waals surface area (Å²) < 4.78 is 50.0. The summed E-state index contributed by atoms with van der Waals surface area (Å²) >= 11 is 0. The summed E-state index contributed by atoms with van der Waals surface area (Å²) in [6.07, 6.45) is 3.90. The molecule has 4 aliphatic heterocycles. The van der Waals surface area contributed by atoms with Crippen molar-refractivity contribution in [1.29, 1.82) is 0 Å². The van der Waals surface area contributed by atoms with Gasteiger partial charge in [-0.2, -0.15) is 4.98 Å². The topological polar surface area (TPSA) is 199 Å². The Morgan fingerprint density at radius 3 is 2.25 bits per heavy atom. The van der Waals surface area contributed by atoms with Gasteiger partial charge in [0.05, 0.1) is 21.7 Å². The lowest BCUT2D eigenvalue weighted by atomic mass is 9.96. The second kappa shape index (κ2) is 18.8. The van der Waals surface area contributed by atoms with Gasteiger partial charge in [0, 0.05) is 74.4 Å². The lowest BCUT2D eigenvalue weighted by molar-refractivity contribution is -0.136. The number of benzene rings is 3. The van der Waals surface area contributed by atoms with E-state index in [1.807, 2.05) is 36.1 Å². The second-order valence-corrected chi connectivity index (χ2v) is 19.8. The summed E-state index contributed by atoms with van der Waals surface area (Å²) in [7, 11) is -3.71. The predicted molar refractivity (Wildman–Crippen MR) is 243 cm³/mol. The number of aromatic nitrogens is 2. The molecule has 4 N–H and O–H groups in total. The molecule has 0 radical (unpaired) electrons. The lowest BCUT2D eigenvalue weighted by Crippen LogP contribution is -2.54. The largest absolute Gasteiger partial charge is 0.492 e. The van der Waals surface area contributed by atoms with Crippen molar-refractivity contribution in [2.75, 3.05) is 74.5 Å². The van der Waals surface area contributed by atoms with Crippen molar-refractivity contribution >= 4 is 62.5 Å². The van der Waals surface area contributed by atoms with Crippen LogP contribution in [0.15, 0.2) is 71.8 Å². The van der Waals surface area contributed by atoms with E-state index < -0.39 is 51.0 Å². The zero-order valence-corrected chi connectivity index (χ0v) is 37.8. The highest BCUT2D eigenvalue weighted by Gasteiger charge is 2.45. The first kappa shape index (κ1) is 45.5. The van der Waals surface area contributed by atoms with Gasteiger partial charge in [0.25, 0.3) is 11.8 Å². The van der Waals surface area contributed by atoms with Gasteiger partial charge in [-0.25, -0.2) is 22.5 Å². The van der Waals surface area contributed by atoms with Gasteiger partial charge in [0.2, 0.25) is 27.8 Å². The smallest absolute Gasteiger partial charge is 0.262 e. The zero-order chi connectivity index (χ0) is 46.0. The Hall–Kier alpha value is -6.02. The van der Waals surface area contributed by atoms with Crippen molar-refractivity contribution in [2.45, 2.75) is 69.9 Å². The minimum Gasteiger partial charge on any atom is -0.492 e. The molecular formula is C46H55FN10O7S. The molecule has 344 valence electrons. The predicted octanol–water partition coefficient (Wildman–Crippen LogP) is 4.80. The van der Waals surface area contributed by atoms with Gasteiger partial charge in [-0.3, -0.25) is 39.2 Å². The minimum absolute atomic E-state index is 0.0169. The number of imide groups is 2. The summed E-state index contributed by atoms with van der Waals surface area (Å²) in [5.74, 6) is -0.883. The number of fused-ring (bicyclic) bond motifs is 1. The SMILES string of the molecule is Cc1cnc(Nc2ccc(OCCN3CCC(CN4CCN(c5cc6c(cc5F)C(=O)N(C5CCC(=O)NC5=O)C6=O)CC4)CC3)cc2)nc1Nc1cccc(S(=O)(=O)NC(C)(C)C)c1. The highest BCUT2D eigenvalue weighted by molar-refractivity contribution is 7.89. The van der Waals surface area contributed by atoms with Gasteiger partial charge in [0.1, 0.15) is 30.0 Å². The molecule has 0 aliphatic carbocycles. The van der Waals surface area contributed by atoms with E-state index in [2.05, 4.69) is 40.4 Å². The average Bonchev–Trinajstić information content (AvgIpc) is 3.49. The van der Waals surface area contributed by atoms with E-state index in [4.69, 9.17) is 4.74 Å². The lowest BCUT2D eigenvalue weighted by Gasteiger charge is -2.39. The molecule has 5 heterocycles. The van der Waals surface area contributed by atoms with Gasteiger partial charge in [0.15, 0.2) is 0 Å². The number of piperazine rings is 1. The molecule has 19 heteroatoms. The fourth-order valence-electron chi connectivity index (χ4n) is 8.68. The van der Waals surface area contributed by atoms with Crippen LogP contribution in [0.25, 0.3) is 0 Å². The van der Waals surface area contributed by atoms with E-state index in [1.54, 1.807) is 51.2 Å². The number of carbonyl (C=O) groups is 4. The van der Waals surface area contributed by atoms with Gasteiger partial charge in [-0.15, -0.1) is 0 Å². The molecule has 1 unspecified atom stereocenters. The maximum absolute atomic E-state index is 15.4. The molecule has 0 bridgehead atoms. The Morgan fingerprint density at radius 1 is 0.846 bits per heavy atom. The summed E-state index contributed by atoms with van der Waals surface area (Å²) in [5.41, 5.74) is 1.81. The number of halogens is 1. The molecule has 3 saturated heterocycles. The third kappa shape index (κ3) is 10.8. The first-order valence-electron chi connectivity index (χ1n) is 22.0. The highest BCUT2D eigenvalue weighted by atomic mass is 32.2. The fraction of sp³-hybridized carbons (Fsp3) is 0.435. The van der Waals surface area contributed by atoms with E-state index >= 15 is 4.39 Å². The average molecular weight is 911 g/mol. The Morgan fingerprint density at radius 2 is 1.55 bits per heavy atom. The molecule has 4 aliphatic rings. The van der Waals surface area contributed by atoms with Crippen molar-refractivity contribution in [3.63, 3.8) is 0 Å². The maximum Gasteiger partial charge on any atom is 0.262 e. The Bertz CT molecular complexity index is 2570. The van der Waals surface area contributed by atoms with E-state index in [-0.39, 0.29) is 34.6 Å². The van der Waals surface area contributed by atoms with Gasteiger partial charge >= 0.3 is 0 Å². The number of nitrogens with one attached hydrogen (secondary N) is 4. The van der Waals surface area contributed by atoms with Crippen LogP contribution < -0.4 is 30.3 Å². The zero-order valence-electron chi connectivity index (χ0n) is 37.0. The molecule has 8 rings (SSSR count). The number of piperidine rings is 2. The number of aryl methyl sites for hydroxylation is 1. The molecule has 4 amide bonds. The van der Waals surface area contributed by atoms with Crippen molar-refractivity contribution < 1.29 is 36.7 Å². The van der Waals surface area contributed by atoms with Crippen molar-refractivity contribution in [3.8, 4) is 5.75 Å². The van der Waals surface area contributed by atoms with Crippen LogP contribution in [0.4, 0.5) is 33.2 Å². The molecule has 17 nitrogen and oxygen atoms in total. The maximum atomic E-state index is 15.4. The number of carbonyl (C=O) groups excluding carboxylic acids is 4. The first-order chi connectivity index (χ1) is 31.0.